The molecule has 2 N–H and O–H groups in total. The molecule has 2 aliphatic heterocycles. The summed E-state index contributed by atoms with van der Waals surface area (Å²) in [6.45, 7) is 1.28. The summed E-state index contributed by atoms with van der Waals surface area (Å²) >= 11 is 0. The summed E-state index contributed by atoms with van der Waals surface area (Å²) in [7, 11) is -3.71. The molecule has 0 atom stereocenters. The predicted octanol–water partition coefficient (Wildman–Crippen LogP) is 2.66. The Kier molecular flexibility index (Phi) is 6.27. The highest BCUT2D eigenvalue weighted by Gasteiger charge is 2.33. The number of benzene rings is 2. The van der Waals surface area contributed by atoms with E-state index in [2.05, 4.69) is 15.3 Å². The first-order valence-electron chi connectivity index (χ1n) is 11.2. The summed E-state index contributed by atoms with van der Waals surface area (Å²) in [5.41, 5.74) is 1.11. The van der Waals surface area contributed by atoms with Crippen LogP contribution in [0.4, 0.5) is 5.69 Å². The van der Waals surface area contributed by atoms with Crippen molar-refractivity contribution < 1.29 is 27.8 Å². The lowest BCUT2D eigenvalue weighted by molar-refractivity contribution is -0.120. The summed E-state index contributed by atoms with van der Waals surface area (Å²) in [5.74, 6) is 0.971. The van der Waals surface area contributed by atoms with Crippen LogP contribution in [0.2, 0.25) is 0 Å². The minimum atomic E-state index is -3.71. The summed E-state index contributed by atoms with van der Waals surface area (Å²) in [6, 6.07) is 11.2. The molecule has 0 unspecified atom stereocenters. The Bertz CT molecular complexity index is 1340. The molecule has 2 aliphatic rings. The van der Waals surface area contributed by atoms with E-state index in [9.17, 15) is 18.3 Å². The van der Waals surface area contributed by atoms with E-state index in [-0.39, 0.29) is 35.6 Å². The Morgan fingerprint density at radius 2 is 1.71 bits per heavy atom. The number of fused-ring (bicyclic) bond motifs is 1. The molecule has 0 bridgehead atoms. The first-order valence-corrected chi connectivity index (χ1v) is 12.7. The fourth-order valence-corrected chi connectivity index (χ4v) is 5.61. The van der Waals surface area contributed by atoms with Crippen LogP contribution in [-0.4, -0.2) is 60.0 Å². The van der Waals surface area contributed by atoms with Gasteiger partial charge >= 0.3 is 0 Å². The van der Waals surface area contributed by atoms with Crippen molar-refractivity contribution >= 4 is 21.6 Å². The molecule has 182 valence electrons. The number of piperidine rings is 1. The highest BCUT2D eigenvalue weighted by Crippen LogP contribution is 2.34. The lowest BCUT2D eigenvalue weighted by Crippen LogP contribution is -2.41. The first-order chi connectivity index (χ1) is 16.9. The second-order valence-electron chi connectivity index (χ2n) is 8.32. The fraction of sp³-hybridized carbons (Fsp3) is 0.292. The van der Waals surface area contributed by atoms with Crippen LogP contribution in [0.1, 0.15) is 12.8 Å². The van der Waals surface area contributed by atoms with Gasteiger partial charge in [0.1, 0.15) is 19.0 Å². The number of rotatable bonds is 5. The number of ether oxygens (including phenoxy) is 2. The average molecular weight is 497 g/mol. The van der Waals surface area contributed by atoms with Gasteiger partial charge in [0.05, 0.1) is 23.0 Å². The number of anilines is 1. The lowest BCUT2D eigenvalue weighted by Gasteiger charge is -2.30. The van der Waals surface area contributed by atoms with Gasteiger partial charge in [-0.05, 0) is 37.1 Å². The third-order valence-corrected chi connectivity index (χ3v) is 7.89. The second kappa shape index (κ2) is 9.51. The maximum absolute atomic E-state index is 13.1. The molecule has 3 heterocycles. The smallest absolute Gasteiger partial charge is 0.243 e. The molecule has 0 radical (unpaired) electrons. The van der Waals surface area contributed by atoms with Crippen LogP contribution >= 0.6 is 0 Å². The van der Waals surface area contributed by atoms with E-state index >= 15 is 0 Å². The van der Waals surface area contributed by atoms with E-state index in [0.29, 0.717) is 54.6 Å². The summed E-state index contributed by atoms with van der Waals surface area (Å²) < 4.78 is 38.6. The van der Waals surface area contributed by atoms with Crippen molar-refractivity contribution in [2.75, 3.05) is 31.6 Å². The molecule has 5 rings (SSSR count). The normalized spacial score (nSPS) is 16.6. The Labute approximate surface area is 202 Å². The summed E-state index contributed by atoms with van der Waals surface area (Å²) in [6.07, 6.45) is 3.81. The van der Waals surface area contributed by atoms with E-state index in [1.807, 2.05) is 0 Å². The molecule has 3 aromatic rings. The van der Waals surface area contributed by atoms with Gasteiger partial charge in [0, 0.05) is 30.6 Å². The van der Waals surface area contributed by atoms with E-state index < -0.39 is 10.0 Å². The number of aromatic nitrogens is 2. The van der Waals surface area contributed by atoms with Crippen LogP contribution in [-0.2, 0) is 14.8 Å². The van der Waals surface area contributed by atoms with E-state index in [1.54, 1.807) is 30.3 Å². The highest BCUT2D eigenvalue weighted by molar-refractivity contribution is 7.89. The number of carbonyl (C=O) groups is 1. The number of nitrogens with zero attached hydrogens (tertiary/aromatic N) is 3. The maximum atomic E-state index is 13.1. The average Bonchev–Trinajstić information content (AvgIpc) is 2.89. The van der Waals surface area contributed by atoms with Gasteiger partial charge in [0.25, 0.3) is 0 Å². The molecule has 35 heavy (non-hydrogen) atoms. The van der Waals surface area contributed by atoms with Gasteiger partial charge in [-0.1, -0.05) is 12.1 Å². The van der Waals surface area contributed by atoms with Gasteiger partial charge in [0.15, 0.2) is 17.3 Å². The zero-order valence-electron chi connectivity index (χ0n) is 18.8. The number of hydrogen-bond acceptors (Lipinski definition) is 8. The van der Waals surface area contributed by atoms with Gasteiger partial charge in [-0.25, -0.2) is 18.4 Å². The number of phenols is 1. The van der Waals surface area contributed by atoms with Crippen LogP contribution < -0.4 is 14.8 Å². The molecule has 0 aliphatic carbocycles. The number of aromatic hydroxyl groups is 1. The Hall–Kier alpha value is -3.70. The molecule has 11 heteroatoms. The van der Waals surface area contributed by atoms with Crippen molar-refractivity contribution in [3.05, 3.63) is 54.9 Å². The third-order valence-electron chi connectivity index (χ3n) is 6.00. The minimum Gasteiger partial charge on any atom is -0.508 e. The molecule has 1 aromatic heterocycles. The number of carbonyl (C=O) groups excluding carboxylic acids is 1. The number of hydrogen-bond donors (Lipinski definition) is 2. The van der Waals surface area contributed by atoms with Crippen molar-refractivity contribution in [1.82, 2.24) is 14.3 Å². The highest BCUT2D eigenvalue weighted by atomic mass is 32.2. The van der Waals surface area contributed by atoms with E-state index in [1.165, 1.54) is 28.8 Å². The van der Waals surface area contributed by atoms with Crippen molar-refractivity contribution in [2.45, 2.75) is 17.7 Å². The molecule has 1 fully saturated rings. The topological polar surface area (TPSA) is 131 Å². The Morgan fingerprint density at radius 1 is 1.00 bits per heavy atom. The van der Waals surface area contributed by atoms with E-state index in [0.717, 1.165) is 0 Å². The van der Waals surface area contributed by atoms with Gasteiger partial charge in [-0.2, -0.15) is 4.31 Å². The zero-order chi connectivity index (χ0) is 24.4. The van der Waals surface area contributed by atoms with Crippen LogP contribution in [0.3, 0.4) is 0 Å². The van der Waals surface area contributed by atoms with Crippen molar-refractivity contribution in [2.24, 2.45) is 5.92 Å². The van der Waals surface area contributed by atoms with Gasteiger partial charge in [-0.3, -0.25) is 4.79 Å². The Morgan fingerprint density at radius 3 is 2.43 bits per heavy atom. The lowest BCUT2D eigenvalue weighted by atomic mass is 9.97. The molecule has 10 nitrogen and oxygen atoms in total. The van der Waals surface area contributed by atoms with Crippen LogP contribution in [0, 0.1) is 5.92 Å². The molecule has 1 amide bonds. The predicted molar refractivity (Wildman–Crippen MR) is 127 cm³/mol. The quantitative estimate of drug-likeness (QED) is 0.551. The number of sulfonamides is 1. The number of phenolic OH excluding ortho intramolecular Hbond substituents is 1. The zero-order valence-corrected chi connectivity index (χ0v) is 19.6. The monoisotopic (exact) mass is 496 g/mol. The molecular formula is C24H24N4O6S. The molecule has 0 spiro atoms. The van der Waals surface area contributed by atoms with Crippen LogP contribution in [0.15, 0.2) is 59.8 Å². The minimum absolute atomic E-state index is 0.116. The van der Waals surface area contributed by atoms with Crippen molar-refractivity contribution in [3.8, 4) is 28.6 Å². The third kappa shape index (κ3) is 4.91. The molecular weight excluding hydrogens is 472 g/mol. The van der Waals surface area contributed by atoms with Gasteiger partial charge in [-0.15, -0.1) is 0 Å². The number of nitrogens with one attached hydrogen (secondary N) is 1. The van der Waals surface area contributed by atoms with Crippen molar-refractivity contribution in [1.29, 1.82) is 0 Å². The van der Waals surface area contributed by atoms with Gasteiger partial charge in [0.2, 0.25) is 15.9 Å². The fourth-order valence-electron chi connectivity index (χ4n) is 4.12. The SMILES string of the molecule is O=C(Nc1cnc(-c2cccc(O)c2)nc1)C1CCN(S(=O)(=O)c2ccc3c(c2)OCCO3)CC1. The standard InChI is InChI=1S/C24H24N4O6S/c29-19-3-1-2-17(12-19)23-25-14-18(15-26-23)27-24(30)16-6-8-28(9-7-16)35(31,32)20-4-5-21-22(13-20)34-11-10-33-21/h1-5,12-16,29H,6-11H2,(H,27,30). The summed E-state index contributed by atoms with van der Waals surface area (Å²) in [5, 5.41) is 12.4. The molecule has 0 saturated carbocycles. The van der Waals surface area contributed by atoms with Gasteiger partial charge < -0.3 is 19.9 Å². The largest absolute Gasteiger partial charge is 0.508 e. The Balaban J connectivity index is 1.19. The van der Waals surface area contributed by atoms with E-state index in [4.69, 9.17) is 9.47 Å². The van der Waals surface area contributed by atoms with Crippen LogP contribution in [0.5, 0.6) is 17.2 Å². The first kappa shape index (κ1) is 23.1. The number of amides is 1. The second-order valence-corrected chi connectivity index (χ2v) is 10.3. The summed E-state index contributed by atoms with van der Waals surface area (Å²) in [4.78, 5) is 21.4. The van der Waals surface area contributed by atoms with Crippen LogP contribution in [0.25, 0.3) is 11.4 Å². The molecule has 2 aromatic carbocycles. The maximum Gasteiger partial charge on any atom is 0.243 e. The molecule has 1 saturated heterocycles. The van der Waals surface area contributed by atoms with Crippen molar-refractivity contribution in [3.63, 3.8) is 0 Å².